The average molecular weight is 461 g/mol. The van der Waals surface area contributed by atoms with Crippen LogP contribution in [0, 0.1) is 0 Å². The summed E-state index contributed by atoms with van der Waals surface area (Å²) in [5.41, 5.74) is 1.43. The summed E-state index contributed by atoms with van der Waals surface area (Å²) in [7, 11) is 0. The van der Waals surface area contributed by atoms with Gasteiger partial charge in [-0.05, 0) is 76.9 Å². The van der Waals surface area contributed by atoms with Crippen molar-refractivity contribution in [1.82, 2.24) is 0 Å². The Bertz CT molecular complexity index is 1100. The lowest BCUT2D eigenvalue weighted by atomic mass is 10.1. The Balaban J connectivity index is 2.10. The molecule has 0 fully saturated rings. The van der Waals surface area contributed by atoms with E-state index in [2.05, 4.69) is 0 Å². The van der Waals surface area contributed by atoms with Crippen LogP contribution in [0.4, 0.5) is 21.0 Å². The number of rotatable bonds is 3. The summed E-state index contributed by atoms with van der Waals surface area (Å²) in [6.45, 7) is 10.7. The Labute approximate surface area is 201 Å². The number of hydrogen-bond donors (Lipinski definition) is 0. The van der Waals surface area contributed by atoms with E-state index >= 15 is 0 Å². The standard InChI is InChI=1S/C28H32N2O4/c1-27(2,3)33-25(31)29(23-15-11-8-12-16-23)30(26(32)34-28(4,5)6)24-19-17-22(18-20-24)21-13-9-7-10-14-21/h7-20H,1-6H3. The van der Waals surface area contributed by atoms with Gasteiger partial charge in [0.1, 0.15) is 11.2 Å². The quantitative estimate of drug-likeness (QED) is 0.381. The van der Waals surface area contributed by atoms with E-state index in [4.69, 9.17) is 9.47 Å². The first-order valence-electron chi connectivity index (χ1n) is 11.2. The van der Waals surface area contributed by atoms with Crippen LogP contribution in [0.2, 0.25) is 0 Å². The second-order valence-electron chi connectivity index (χ2n) is 9.83. The predicted molar refractivity (Wildman–Crippen MR) is 136 cm³/mol. The molecule has 0 aliphatic rings. The maximum absolute atomic E-state index is 13.5. The van der Waals surface area contributed by atoms with Crippen molar-refractivity contribution in [2.75, 3.05) is 10.0 Å². The third-order valence-electron chi connectivity index (χ3n) is 4.55. The van der Waals surface area contributed by atoms with Crippen LogP contribution < -0.4 is 10.0 Å². The van der Waals surface area contributed by atoms with Crippen molar-refractivity contribution in [3.8, 4) is 11.1 Å². The van der Waals surface area contributed by atoms with Gasteiger partial charge in [0.15, 0.2) is 0 Å². The molecule has 0 bridgehead atoms. The first-order chi connectivity index (χ1) is 15.9. The van der Waals surface area contributed by atoms with Gasteiger partial charge in [-0.3, -0.25) is 0 Å². The number of amides is 2. The summed E-state index contributed by atoms with van der Waals surface area (Å²) in [4.78, 5) is 26.8. The van der Waals surface area contributed by atoms with E-state index in [-0.39, 0.29) is 0 Å². The Morgan fingerprint density at radius 3 is 1.29 bits per heavy atom. The minimum atomic E-state index is -0.768. The summed E-state index contributed by atoms with van der Waals surface area (Å²) < 4.78 is 11.4. The van der Waals surface area contributed by atoms with Crippen LogP contribution in [0.5, 0.6) is 0 Å². The van der Waals surface area contributed by atoms with Gasteiger partial charge in [-0.15, -0.1) is 0 Å². The highest BCUT2D eigenvalue weighted by Crippen LogP contribution is 2.29. The van der Waals surface area contributed by atoms with Crippen LogP contribution in [0.25, 0.3) is 11.1 Å². The van der Waals surface area contributed by atoms with Gasteiger partial charge in [0.05, 0.1) is 11.4 Å². The Morgan fingerprint density at radius 2 is 0.882 bits per heavy atom. The molecule has 0 saturated carbocycles. The van der Waals surface area contributed by atoms with Crippen molar-refractivity contribution < 1.29 is 19.1 Å². The number of benzene rings is 3. The fourth-order valence-corrected chi connectivity index (χ4v) is 3.21. The largest absolute Gasteiger partial charge is 0.442 e. The van der Waals surface area contributed by atoms with Crippen LogP contribution in [-0.4, -0.2) is 23.4 Å². The highest BCUT2D eigenvalue weighted by atomic mass is 16.6. The first kappa shape index (κ1) is 24.8. The molecule has 0 atom stereocenters. The van der Waals surface area contributed by atoms with Crippen molar-refractivity contribution >= 4 is 23.6 Å². The van der Waals surface area contributed by atoms with Gasteiger partial charge in [-0.1, -0.05) is 60.7 Å². The fraction of sp³-hybridized carbons (Fsp3) is 0.286. The van der Waals surface area contributed by atoms with Crippen LogP contribution in [0.15, 0.2) is 84.9 Å². The van der Waals surface area contributed by atoms with Crippen molar-refractivity contribution in [3.63, 3.8) is 0 Å². The van der Waals surface area contributed by atoms with Crippen LogP contribution in [0.1, 0.15) is 41.5 Å². The Kier molecular flexibility index (Phi) is 7.30. The minimum absolute atomic E-state index is 0.462. The average Bonchev–Trinajstić information content (AvgIpc) is 2.76. The van der Waals surface area contributed by atoms with Crippen LogP contribution >= 0.6 is 0 Å². The lowest BCUT2D eigenvalue weighted by molar-refractivity contribution is 0.0479. The number of carbonyl (C=O) groups excluding carboxylic acids is 2. The van der Waals surface area contributed by atoms with Crippen molar-refractivity contribution in [3.05, 3.63) is 84.9 Å². The van der Waals surface area contributed by atoms with E-state index in [9.17, 15) is 9.59 Å². The van der Waals surface area contributed by atoms with Crippen LogP contribution in [0.3, 0.4) is 0 Å². The Hall–Kier alpha value is -3.80. The fourth-order valence-electron chi connectivity index (χ4n) is 3.21. The zero-order chi connectivity index (χ0) is 24.9. The molecule has 6 heteroatoms. The predicted octanol–water partition coefficient (Wildman–Crippen LogP) is 7.45. The lowest BCUT2D eigenvalue weighted by Crippen LogP contribution is -2.53. The summed E-state index contributed by atoms with van der Waals surface area (Å²) in [5.74, 6) is 0. The summed E-state index contributed by atoms with van der Waals surface area (Å²) in [6, 6.07) is 26.2. The molecule has 34 heavy (non-hydrogen) atoms. The van der Waals surface area contributed by atoms with Crippen molar-refractivity contribution in [2.45, 2.75) is 52.7 Å². The molecular formula is C28H32N2O4. The van der Waals surface area contributed by atoms with Crippen LogP contribution in [-0.2, 0) is 9.47 Å². The number of nitrogens with zero attached hydrogens (tertiary/aromatic N) is 2. The molecule has 0 heterocycles. The topological polar surface area (TPSA) is 59.1 Å². The van der Waals surface area contributed by atoms with Gasteiger partial charge in [-0.2, -0.15) is 10.0 Å². The molecule has 0 radical (unpaired) electrons. The number of carbonyl (C=O) groups is 2. The second-order valence-corrected chi connectivity index (χ2v) is 9.83. The summed E-state index contributed by atoms with van der Waals surface area (Å²) in [6.07, 6.45) is -1.40. The monoisotopic (exact) mass is 460 g/mol. The maximum atomic E-state index is 13.5. The third-order valence-corrected chi connectivity index (χ3v) is 4.55. The van der Waals surface area contributed by atoms with E-state index < -0.39 is 23.4 Å². The van der Waals surface area contributed by atoms with E-state index in [1.165, 1.54) is 10.0 Å². The second kappa shape index (κ2) is 10.00. The van der Waals surface area contributed by atoms with E-state index in [0.717, 1.165) is 11.1 Å². The molecule has 0 unspecified atom stereocenters. The molecule has 0 saturated heterocycles. The van der Waals surface area contributed by atoms with E-state index in [1.54, 1.807) is 77.9 Å². The molecule has 3 rings (SSSR count). The van der Waals surface area contributed by atoms with Gasteiger partial charge >= 0.3 is 12.2 Å². The molecule has 178 valence electrons. The number of hydrogen-bond acceptors (Lipinski definition) is 4. The molecule has 0 spiro atoms. The number of para-hydroxylation sites is 1. The molecular weight excluding hydrogens is 428 g/mol. The number of ether oxygens (including phenoxy) is 2. The van der Waals surface area contributed by atoms with Crippen molar-refractivity contribution in [1.29, 1.82) is 0 Å². The first-order valence-corrected chi connectivity index (χ1v) is 11.2. The number of anilines is 2. The summed E-state index contributed by atoms with van der Waals surface area (Å²) in [5, 5.41) is 2.42. The highest BCUT2D eigenvalue weighted by molar-refractivity contribution is 6.02. The normalized spacial score (nSPS) is 11.5. The van der Waals surface area contributed by atoms with Gasteiger partial charge in [-0.25, -0.2) is 9.59 Å². The zero-order valence-electron chi connectivity index (χ0n) is 20.6. The molecule has 0 aliphatic carbocycles. The van der Waals surface area contributed by atoms with Gasteiger partial charge < -0.3 is 9.47 Å². The van der Waals surface area contributed by atoms with Gasteiger partial charge in [0.2, 0.25) is 0 Å². The summed E-state index contributed by atoms with van der Waals surface area (Å²) >= 11 is 0. The zero-order valence-corrected chi connectivity index (χ0v) is 20.6. The number of hydrazine groups is 1. The molecule has 3 aromatic rings. The highest BCUT2D eigenvalue weighted by Gasteiger charge is 2.35. The van der Waals surface area contributed by atoms with E-state index in [0.29, 0.717) is 11.4 Å². The lowest BCUT2D eigenvalue weighted by Gasteiger charge is -2.36. The molecule has 0 N–H and O–H groups in total. The van der Waals surface area contributed by atoms with Gasteiger partial charge in [0.25, 0.3) is 0 Å². The van der Waals surface area contributed by atoms with E-state index in [1.807, 2.05) is 48.5 Å². The molecule has 6 nitrogen and oxygen atoms in total. The minimum Gasteiger partial charge on any atom is -0.442 e. The molecule has 2 amide bonds. The Morgan fingerprint density at radius 1 is 0.529 bits per heavy atom. The third kappa shape index (κ3) is 6.61. The smallest absolute Gasteiger partial charge is 0.434 e. The van der Waals surface area contributed by atoms with Crippen molar-refractivity contribution in [2.24, 2.45) is 0 Å². The van der Waals surface area contributed by atoms with Gasteiger partial charge in [0, 0.05) is 0 Å². The maximum Gasteiger partial charge on any atom is 0.434 e. The molecule has 0 aromatic heterocycles. The molecule has 0 aliphatic heterocycles. The molecule has 3 aromatic carbocycles. The SMILES string of the molecule is CC(C)(C)OC(=O)N(c1ccccc1)N(C(=O)OC(C)(C)C)c1ccc(-c2ccccc2)cc1.